The number of nitrogens with one attached hydrogen (secondary N) is 2. The van der Waals surface area contributed by atoms with E-state index >= 15 is 0 Å². The molecule has 0 saturated carbocycles. The normalized spacial score (nSPS) is 20.4. The van der Waals surface area contributed by atoms with Gasteiger partial charge in [0, 0.05) is 38.6 Å². The summed E-state index contributed by atoms with van der Waals surface area (Å²) in [4.78, 5) is 18.5. The molecule has 1 aliphatic heterocycles. The van der Waals surface area contributed by atoms with Gasteiger partial charge in [0.05, 0.1) is 0 Å². The lowest BCUT2D eigenvalue weighted by Gasteiger charge is -2.33. The fraction of sp³-hybridized carbons (Fsp3) is 0.875. The maximum absolute atomic E-state index is 12.2. The first-order chi connectivity index (χ1) is 9.95. The smallest absolute Gasteiger partial charge is 0.224 e. The standard InChI is InChI=1S/C16H32N4O.HI/c1-12(2)14(4)19-16(17-5)18-10-9-15(21)20-11-7-6-8-13(20)3;/h12-14H,6-11H2,1-5H3,(H2,17,18,19);1H. The van der Waals surface area contributed by atoms with E-state index in [4.69, 9.17) is 0 Å². The molecule has 1 fully saturated rings. The lowest BCUT2D eigenvalue weighted by Crippen LogP contribution is -2.46. The van der Waals surface area contributed by atoms with Gasteiger partial charge in [0.1, 0.15) is 0 Å². The van der Waals surface area contributed by atoms with Crippen LogP contribution in [0.25, 0.3) is 0 Å². The van der Waals surface area contributed by atoms with Crippen LogP contribution in [0.15, 0.2) is 4.99 Å². The predicted molar refractivity (Wildman–Crippen MR) is 104 cm³/mol. The van der Waals surface area contributed by atoms with Crippen molar-refractivity contribution in [2.45, 2.75) is 65.5 Å². The van der Waals surface area contributed by atoms with Crippen LogP contribution in [0.1, 0.15) is 53.4 Å². The zero-order valence-corrected chi connectivity index (χ0v) is 17.0. The second kappa shape index (κ2) is 11.1. The third-order valence-corrected chi connectivity index (χ3v) is 4.34. The maximum Gasteiger partial charge on any atom is 0.224 e. The van der Waals surface area contributed by atoms with Gasteiger partial charge in [-0.15, -0.1) is 24.0 Å². The summed E-state index contributed by atoms with van der Waals surface area (Å²) < 4.78 is 0. The number of carbonyl (C=O) groups excluding carboxylic acids is 1. The Kier molecular flexibility index (Phi) is 10.8. The highest BCUT2D eigenvalue weighted by molar-refractivity contribution is 14.0. The monoisotopic (exact) mass is 424 g/mol. The highest BCUT2D eigenvalue weighted by atomic mass is 127. The first-order valence-corrected chi connectivity index (χ1v) is 8.22. The van der Waals surface area contributed by atoms with Gasteiger partial charge in [0.15, 0.2) is 5.96 Å². The van der Waals surface area contributed by atoms with E-state index in [1.165, 1.54) is 6.42 Å². The van der Waals surface area contributed by atoms with Crippen molar-refractivity contribution in [3.63, 3.8) is 0 Å². The van der Waals surface area contributed by atoms with Crippen LogP contribution in [0.3, 0.4) is 0 Å². The Morgan fingerprint density at radius 3 is 2.55 bits per heavy atom. The van der Waals surface area contributed by atoms with Crippen LogP contribution < -0.4 is 10.6 Å². The summed E-state index contributed by atoms with van der Waals surface area (Å²) in [6.45, 7) is 10.2. The zero-order chi connectivity index (χ0) is 15.8. The molecule has 130 valence electrons. The van der Waals surface area contributed by atoms with Gasteiger partial charge in [-0.3, -0.25) is 9.79 Å². The minimum absolute atomic E-state index is 0. The molecule has 1 amide bonds. The molecule has 5 nitrogen and oxygen atoms in total. The Labute approximate surface area is 152 Å². The summed E-state index contributed by atoms with van der Waals surface area (Å²) in [5.74, 6) is 1.57. The number of nitrogens with zero attached hydrogens (tertiary/aromatic N) is 2. The Morgan fingerprint density at radius 1 is 1.32 bits per heavy atom. The van der Waals surface area contributed by atoms with Gasteiger partial charge in [-0.1, -0.05) is 13.8 Å². The molecule has 0 radical (unpaired) electrons. The lowest BCUT2D eigenvalue weighted by atomic mass is 10.0. The molecule has 1 aliphatic rings. The molecule has 22 heavy (non-hydrogen) atoms. The van der Waals surface area contributed by atoms with Gasteiger partial charge in [-0.25, -0.2) is 0 Å². The number of carbonyl (C=O) groups is 1. The molecule has 0 aromatic heterocycles. The molecule has 1 heterocycles. The maximum atomic E-state index is 12.2. The molecule has 1 saturated heterocycles. The zero-order valence-electron chi connectivity index (χ0n) is 14.7. The third kappa shape index (κ3) is 7.15. The molecular formula is C16H33IN4O. The van der Waals surface area contributed by atoms with E-state index < -0.39 is 0 Å². The second-order valence-corrected chi connectivity index (χ2v) is 6.36. The number of aliphatic imine (C=N–C) groups is 1. The fourth-order valence-corrected chi connectivity index (χ4v) is 2.48. The number of guanidine groups is 1. The summed E-state index contributed by atoms with van der Waals surface area (Å²) in [6.07, 6.45) is 4.04. The van der Waals surface area contributed by atoms with Crippen LogP contribution in [0.5, 0.6) is 0 Å². The molecule has 0 aromatic carbocycles. The Balaban J connectivity index is 0.00000441. The SMILES string of the molecule is CN=C(NCCC(=O)N1CCCCC1C)NC(C)C(C)C.I. The van der Waals surface area contributed by atoms with Gasteiger partial charge < -0.3 is 15.5 Å². The van der Waals surface area contributed by atoms with E-state index in [0.717, 1.165) is 25.3 Å². The number of hydrogen-bond acceptors (Lipinski definition) is 2. The van der Waals surface area contributed by atoms with Gasteiger partial charge in [-0.05, 0) is 39.0 Å². The van der Waals surface area contributed by atoms with Crippen molar-refractivity contribution >= 4 is 35.8 Å². The molecule has 6 heteroatoms. The number of likely N-dealkylation sites (tertiary alicyclic amines) is 1. The van der Waals surface area contributed by atoms with Crippen LogP contribution >= 0.6 is 24.0 Å². The van der Waals surface area contributed by atoms with Crippen LogP contribution in [0, 0.1) is 5.92 Å². The predicted octanol–water partition coefficient (Wildman–Crippen LogP) is 2.61. The number of rotatable bonds is 5. The number of piperidine rings is 1. The fourth-order valence-electron chi connectivity index (χ4n) is 2.48. The molecule has 2 unspecified atom stereocenters. The van der Waals surface area contributed by atoms with Crippen molar-refractivity contribution in [2.24, 2.45) is 10.9 Å². The van der Waals surface area contributed by atoms with E-state index in [1.807, 2.05) is 4.90 Å². The van der Waals surface area contributed by atoms with Crippen LogP contribution in [-0.4, -0.2) is 49.0 Å². The Morgan fingerprint density at radius 2 is 2.00 bits per heavy atom. The Hall–Kier alpha value is -0.530. The van der Waals surface area contributed by atoms with Crippen molar-refractivity contribution in [2.75, 3.05) is 20.1 Å². The van der Waals surface area contributed by atoms with E-state index in [0.29, 0.717) is 31.0 Å². The highest BCUT2D eigenvalue weighted by Gasteiger charge is 2.22. The topological polar surface area (TPSA) is 56.7 Å². The average Bonchev–Trinajstić information content (AvgIpc) is 2.46. The molecule has 1 rings (SSSR count). The van der Waals surface area contributed by atoms with Crippen LogP contribution in [0.4, 0.5) is 0 Å². The largest absolute Gasteiger partial charge is 0.356 e. The van der Waals surface area contributed by atoms with Crippen molar-refractivity contribution in [3.05, 3.63) is 0 Å². The van der Waals surface area contributed by atoms with Gasteiger partial charge in [0.2, 0.25) is 5.91 Å². The lowest BCUT2D eigenvalue weighted by molar-refractivity contribution is -0.134. The molecule has 0 spiro atoms. The van der Waals surface area contributed by atoms with Crippen molar-refractivity contribution in [1.82, 2.24) is 15.5 Å². The summed E-state index contributed by atoms with van der Waals surface area (Å²) in [5.41, 5.74) is 0. The van der Waals surface area contributed by atoms with Gasteiger partial charge in [0.25, 0.3) is 0 Å². The van der Waals surface area contributed by atoms with Crippen molar-refractivity contribution < 1.29 is 4.79 Å². The van der Waals surface area contributed by atoms with Crippen LogP contribution in [0.2, 0.25) is 0 Å². The minimum atomic E-state index is 0. The van der Waals surface area contributed by atoms with Gasteiger partial charge in [-0.2, -0.15) is 0 Å². The third-order valence-electron chi connectivity index (χ3n) is 4.34. The van der Waals surface area contributed by atoms with E-state index in [1.54, 1.807) is 7.05 Å². The molecule has 0 aromatic rings. The van der Waals surface area contributed by atoms with Gasteiger partial charge >= 0.3 is 0 Å². The highest BCUT2D eigenvalue weighted by Crippen LogP contribution is 2.16. The first-order valence-electron chi connectivity index (χ1n) is 8.22. The number of halogens is 1. The molecule has 2 N–H and O–H groups in total. The molecule has 2 atom stereocenters. The molecule has 0 bridgehead atoms. The Bertz CT molecular complexity index is 360. The number of amides is 1. The quantitative estimate of drug-likeness (QED) is 0.405. The van der Waals surface area contributed by atoms with Crippen molar-refractivity contribution in [1.29, 1.82) is 0 Å². The van der Waals surface area contributed by atoms with Crippen molar-refractivity contribution in [3.8, 4) is 0 Å². The van der Waals surface area contributed by atoms with E-state index in [2.05, 4.69) is 43.3 Å². The van der Waals surface area contributed by atoms with E-state index in [9.17, 15) is 4.79 Å². The van der Waals surface area contributed by atoms with E-state index in [-0.39, 0.29) is 29.9 Å². The molecular weight excluding hydrogens is 391 g/mol. The minimum Gasteiger partial charge on any atom is -0.356 e. The summed E-state index contributed by atoms with van der Waals surface area (Å²) in [7, 11) is 1.76. The first kappa shape index (κ1) is 21.5. The van der Waals surface area contributed by atoms with Crippen LogP contribution in [-0.2, 0) is 4.79 Å². The summed E-state index contributed by atoms with van der Waals surface area (Å²) in [6, 6.07) is 0.749. The molecule has 0 aliphatic carbocycles. The summed E-state index contributed by atoms with van der Waals surface area (Å²) in [5, 5.41) is 6.57. The summed E-state index contributed by atoms with van der Waals surface area (Å²) >= 11 is 0. The number of hydrogen-bond donors (Lipinski definition) is 2. The second-order valence-electron chi connectivity index (χ2n) is 6.36. The average molecular weight is 424 g/mol.